The number of methoxy groups -OCH3 is 1. The first-order valence-electron chi connectivity index (χ1n) is 9.64. The van der Waals surface area contributed by atoms with Crippen molar-refractivity contribution >= 4 is 0 Å². The van der Waals surface area contributed by atoms with E-state index in [-0.39, 0.29) is 6.61 Å². The van der Waals surface area contributed by atoms with Crippen LogP contribution in [0.25, 0.3) is 0 Å². The van der Waals surface area contributed by atoms with E-state index in [9.17, 15) is 5.11 Å². The number of nitrogens with two attached hydrogens (primary N) is 1. The second kappa shape index (κ2) is 10.5. The van der Waals surface area contributed by atoms with Gasteiger partial charge in [-0.05, 0) is 29.3 Å². The summed E-state index contributed by atoms with van der Waals surface area (Å²) in [6.07, 6.45) is 0.383. The van der Waals surface area contributed by atoms with Gasteiger partial charge in [0.25, 0.3) is 0 Å². The third-order valence-corrected chi connectivity index (χ3v) is 4.67. The molecule has 0 saturated carbocycles. The highest BCUT2D eigenvalue weighted by Gasteiger charge is 2.11. The largest absolute Gasteiger partial charge is 0.493 e. The second-order valence-electron chi connectivity index (χ2n) is 6.74. The fourth-order valence-electron chi connectivity index (χ4n) is 3.08. The van der Waals surface area contributed by atoms with E-state index in [2.05, 4.69) is 29.6 Å². The van der Waals surface area contributed by atoms with Crippen LogP contribution in [0, 0.1) is 0 Å². The Morgan fingerprint density at radius 1 is 0.857 bits per heavy atom. The molecule has 3 rings (SSSR count). The topological polar surface area (TPSA) is 55.3 Å². The maximum Gasteiger partial charge on any atom is 0.161 e. The van der Waals surface area contributed by atoms with Gasteiger partial charge in [0.1, 0.15) is 19.3 Å². The SMILES string of the molecule is COc1cc(C[NH2+]CCc2ccccc2)ccc1OC[C@@H](O)c1ccccc1. The summed E-state index contributed by atoms with van der Waals surface area (Å²) < 4.78 is 11.3. The van der Waals surface area contributed by atoms with Gasteiger partial charge in [-0.1, -0.05) is 60.7 Å². The molecule has 0 spiro atoms. The highest BCUT2D eigenvalue weighted by Crippen LogP contribution is 2.29. The molecule has 4 nitrogen and oxygen atoms in total. The van der Waals surface area contributed by atoms with Crippen LogP contribution in [0.4, 0.5) is 0 Å². The maximum absolute atomic E-state index is 10.3. The predicted octanol–water partition coefficient (Wildman–Crippen LogP) is 3.11. The maximum atomic E-state index is 10.3. The predicted molar refractivity (Wildman–Crippen MR) is 111 cm³/mol. The molecule has 4 heteroatoms. The van der Waals surface area contributed by atoms with Gasteiger partial charge in [-0.15, -0.1) is 0 Å². The van der Waals surface area contributed by atoms with Crippen molar-refractivity contribution in [3.05, 3.63) is 95.6 Å². The van der Waals surface area contributed by atoms with Crippen LogP contribution in [0.1, 0.15) is 22.8 Å². The third kappa shape index (κ3) is 5.84. The molecule has 146 valence electrons. The van der Waals surface area contributed by atoms with Crippen molar-refractivity contribution in [3.63, 3.8) is 0 Å². The average Bonchev–Trinajstić information content (AvgIpc) is 2.76. The number of ether oxygens (including phenoxy) is 2. The van der Waals surface area contributed by atoms with Gasteiger partial charge in [-0.2, -0.15) is 0 Å². The van der Waals surface area contributed by atoms with E-state index in [1.807, 2.05) is 54.6 Å². The molecular formula is C24H28NO3+. The smallest absolute Gasteiger partial charge is 0.161 e. The minimum atomic E-state index is -0.670. The molecule has 3 N–H and O–H groups in total. The second-order valence-corrected chi connectivity index (χ2v) is 6.74. The van der Waals surface area contributed by atoms with Crippen LogP contribution in [-0.4, -0.2) is 25.4 Å². The zero-order valence-electron chi connectivity index (χ0n) is 16.3. The lowest BCUT2D eigenvalue weighted by Gasteiger charge is -2.15. The van der Waals surface area contributed by atoms with Crippen LogP contribution < -0.4 is 14.8 Å². The minimum Gasteiger partial charge on any atom is -0.493 e. The Hall–Kier alpha value is -2.82. The molecule has 0 saturated heterocycles. The normalized spacial score (nSPS) is 11.8. The molecule has 0 unspecified atom stereocenters. The standard InChI is InChI=1S/C24H27NO3/c1-27-24-16-20(17-25-15-14-19-8-4-2-5-9-19)12-13-23(24)28-18-22(26)21-10-6-3-7-11-21/h2-13,16,22,25-26H,14-15,17-18H2,1H3/p+1/t22-/m1/s1. The highest BCUT2D eigenvalue weighted by atomic mass is 16.5. The van der Waals surface area contributed by atoms with Gasteiger partial charge in [0.15, 0.2) is 11.5 Å². The fraction of sp³-hybridized carbons (Fsp3) is 0.250. The quantitative estimate of drug-likeness (QED) is 0.533. The van der Waals surface area contributed by atoms with Crippen LogP contribution in [0.2, 0.25) is 0 Å². The van der Waals surface area contributed by atoms with Crippen molar-refractivity contribution in [3.8, 4) is 11.5 Å². The number of aliphatic hydroxyl groups is 1. The lowest BCUT2D eigenvalue weighted by Crippen LogP contribution is -2.83. The summed E-state index contributed by atoms with van der Waals surface area (Å²) in [5.41, 5.74) is 3.38. The van der Waals surface area contributed by atoms with Crippen molar-refractivity contribution in [2.24, 2.45) is 0 Å². The summed E-state index contributed by atoms with van der Waals surface area (Å²) in [6, 6.07) is 26.0. The van der Waals surface area contributed by atoms with Crippen LogP contribution in [0.5, 0.6) is 11.5 Å². The molecule has 0 amide bonds. The highest BCUT2D eigenvalue weighted by molar-refractivity contribution is 5.42. The summed E-state index contributed by atoms with van der Waals surface area (Å²) >= 11 is 0. The van der Waals surface area contributed by atoms with E-state index >= 15 is 0 Å². The van der Waals surface area contributed by atoms with Gasteiger partial charge >= 0.3 is 0 Å². The number of benzene rings is 3. The Kier molecular flexibility index (Phi) is 7.47. The molecular weight excluding hydrogens is 350 g/mol. The van der Waals surface area contributed by atoms with Crippen LogP contribution in [-0.2, 0) is 13.0 Å². The molecule has 0 aliphatic heterocycles. The van der Waals surface area contributed by atoms with Crippen molar-refractivity contribution in [1.29, 1.82) is 0 Å². The van der Waals surface area contributed by atoms with E-state index in [0.717, 1.165) is 25.1 Å². The van der Waals surface area contributed by atoms with Gasteiger partial charge in [-0.25, -0.2) is 0 Å². The van der Waals surface area contributed by atoms with Crippen LogP contribution in [0.3, 0.4) is 0 Å². The van der Waals surface area contributed by atoms with Crippen LogP contribution in [0.15, 0.2) is 78.9 Å². The molecule has 0 heterocycles. The Balaban J connectivity index is 1.50. The summed E-state index contributed by atoms with van der Waals surface area (Å²) in [5.74, 6) is 1.33. The molecule has 0 bridgehead atoms. The lowest BCUT2D eigenvalue weighted by atomic mass is 10.1. The van der Waals surface area contributed by atoms with Gasteiger partial charge in [0.05, 0.1) is 13.7 Å². The van der Waals surface area contributed by atoms with E-state index in [1.165, 1.54) is 11.1 Å². The van der Waals surface area contributed by atoms with Gasteiger partial charge in [0.2, 0.25) is 0 Å². The average molecular weight is 378 g/mol. The molecule has 0 radical (unpaired) electrons. The number of aliphatic hydroxyl groups excluding tert-OH is 1. The van der Waals surface area contributed by atoms with Crippen molar-refractivity contribution in [1.82, 2.24) is 0 Å². The van der Waals surface area contributed by atoms with E-state index in [0.29, 0.717) is 11.5 Å². The molecule has 0 fully saturated rings. The fourth-order valence-corrected chi connectivity index (χ4v) is 3.08. The number of quaternary nitrogens is 1. The molecule has 0 aliphatic rings. The van der Waals surface area contributed by atoms with Gasteiger partial charge in [0, 0.05) is 12.0 Å². The third-order valence-electron chi connectivity index (χ3n) is 4.67. The Labute approximate surface area is 166 Å². The first-order valence-corrected chi connectivity index (χ1v) is 9.64. The molecule has 3 aromatic rings. The summed E-state index contributed by atoms with van der Waals surface area (Å²) in [7, 11) is 1.64. The van der Waals surface area contributed by atoms with Crippen molar-refractivity contribution in [2.45, 2.75) is 19.1 Å². The van der Waals surface area contributed by atoms with E-state index in [1.54, 1.807) is 7.11 Å². The van der Waals surface area contributed by atoms with Gasteiger partial charge < -0.3 is 19.9 Å². The summed E-state index contributed by atoms with van der Waals surface area (Å²) in [4.78, 5) is 0. The van der Waals surface area contributed by atoms with Crippen molar-refractivity contribution in [2.75, 3.05) is 20.3 Å². The van der Waals surface area contributed by atoms with E-state index < -0.39 is 6.10 Å². The minimum absolute atomic E-state index is 0.183. The number of hydrogen-bond donors (Lipinski definition) is 2. The first-order chi connectivity index (χ1) is 13.8. The summed E-state index contributed by atoms with van der Waals surface area (Å²) in [5, 5.41) is 12.6. The lowest BCUT2D eigenvalue weighted by molar-refractivity contribution is -0.670. The zero-order valence-corrected chi connectivity index (χ0v) is 16.3. The number of hydrogen-bond acceptors (Lipinski definition) is 3. The van der Waals surface area contributed by atoms with E-state index in [4.69, 9.17) is 9.47 Å². The van der Waals surface area contributed by atoms with Crippen LogP contribution >= 0.6 is 0 Å². The molecule has 0 aliphatic carbocycles. The Morgan fingerprint density at radius 3 is 2.29 bits per heavy atom. The first kappa shape index (κ1) is 19.9. The molecule has 1 atom stereocenters. The van der Waals surface area contributed by atoms with Gasteiger partial charge in [-0.3, -0.25) is 0 Å². The molecule has 28 heavy (non-hydrogen) atoms. The van der Waals surface area contributed by atoms with Crippen molar-refractivity contribution < 1.29 is 19.9 Å². The number of rotatable bonds is 10. The Bertz CT molecular complexity index is 837. The summed E-state index contributed by atoms with van der Waals surface area (Å²) in [6.45, 7) is 2.10. The molecule has 0 aromatic heterocycles. The Morgan fingerprint density at radius 2 is 1.57 bits per heavy atom. The monoisotopic (exact) mass is 378 g/mol. The molecule has 3 aromatic carbocycles. The zero-order chi connectivity index (χ0) is 19.6.